The van der Waals surface area contributed by atoms with Crippen LogP contribution < -0.4 is 10.5 Å². The topological polar surface area (TPSA) is 152 Å². The van der Waals surface area contributed by atoms with Crippen molar-refractivity contribution in [3.05, 3.63) is 46.8 Å². The minimum absolute atomic E-state index is 0.0866. The third-order valence-corrected chi connectivity index (χ3v) is 5.15. The van der Waals surface area contributed by atoms with Crippen LogP contribution in [-0.2, 0) is 19.6 Å². The van der Waals surface area contributed by atoms with Crippen molar-refractivity contribution >= 4 is 27.6 Å². The van der Waals surface area contributed by atoms with E-state index < -0.39 is 34.1 Å². The second-order valence-electron chi connectivity index (χ2n) is 6.45. The second-order valence-corrected chi connectivity index (χ2v) is 8.01. The molecular weight excluding hydrogens is 386 g/mol. The first-order valence-electron chi connectivity index (χ1n) is 8.43. The van der Waals surface area contributed by atoms with Gasteiger partial charge in [-0.25, -0.2) is 18.4 Å². The van der Waals surface area contributed by atoms with Crippen molar-refractivity contribution < 1.29 is 27.9 Å². The van der Waals surface area contributed by atoms with Crippen molar-refractivity contribution in [2.45, 2.75) is 44.8 Å². The van der Waals surface area contributed by atoms with Crippen LogP contribution >= 0.6 is 0 Å². The highest BCUT2D eigenvalue weighted by Crippen LogP contribution is 2.25. The molecule has 1 amide bonds. The van der Waals surface area contributed by atoms with Crippen LogP contribution in [0.15, 0.2) is 29.2 Å². The van der Waals surface area contributed by atoms with Crippen molar-refractivity contribution in [1.29, 1.82) is 0 Å². The second kappa shape index (κ2) is 8.13. The van der Waals surface area contributed by atoms with E-state index in [1.54, 1.807) is 20.8 Å². The molecule has 1 aromatic carbocycles. The molecule has 10 heteroatoms. The molecule has 0 aliphatic carbocycles. The third kappa shape index (κ3) is 4.77. The van der Waals surface area contributed by atoms with Crippen LogP contribution in [0.25, 0.3) is 0 Å². The number of aromatic amines is 1. The predicted octanol–water partition coefficient (Wildman–Crippen LogP) is 1.52. The van der Waals surface area contributed by atoms with Gasteiger partial charge in [-0.15, -0.1) is 0 Å². The van der Waals surface area contributed by atoms with E-state index in [9.17, 15) is 23.1 Å². The SMILES string of the molecule is Cc1[nH]c(C(=O)O[C@H](C)C(=O)Nc2ccc(S(N)(=O)=O)cc2)c(C)c1[C@@H](C)O. The standard InChI is InChI=1S/C18H23N3O6S/c1-9-15(11(3)22)10(2)20-16(9)18(24)27-12(4)17(23)21-13-5-7-14(8-6-13)28(19,25)26/h5-8,11-12,20,22H,1-4H3,(H,21,23)(H2,19,25,26)/t11-,12-/m1/s1. The number of H-pyrrole nitrogens is 1. The minimum Gasteiger partial charge on any atom is -0.448 e. The molecule has 2 aromatic rings. The van der Waals surface area contributed by atoms with Gasteiger partial charge in [0.05, 0.1) is 11.0 Å². The normalized spacial score (nSPS) is 13.6. The molecule has 1 aromatic heterocycles. The van der Waals surface area contributed by atoms with Gasteiger partial charge in [-0.3, -0.25) is 4.79 Å². The number of hydrogen-bond acceptors (Lipinski definition) is 6. The number of aromatic nitrogens is 1. The molecule has 28 heavy (non-hydrogen) atoms. The van der Waals surface area contributed by atoms with E-state index in [-0.39, 0.29) is 10.6 Å². The maximum Gasteiger partial charge on any atom is 0.355 e. The molecule has 5 N–H and O–H groups in total. The van der Waals surface area contributed by atoms with Crippen molar-refractivity contribution in [2.24, 2.45) is 5.14 Å². The van der Waals surface area contributed by atoms with Gasteiger partial charge in [-0.1, -0.05) is 0 Å². The van der Waals surface area contributed by atoms with Gasteiger partial charge in [0.1, 0.15) is 5.69 Å². The van der Waals surface area contributed by atoms with Crippen LogP contribution in [0.2, 0.25) is 0 Å². The number of aryl methyl sites for hydroxylation is 1. The Morgan fingerprint density at radius 3 is 2.21 bits per heavy atom. The van der Waals surface area contributed by atoms with Gasteiger partial charge >= 0.3 is 5.97 Å². The molecule has 0 fully saturated rings. The number of carbonyl (C=O) groups excluding carboxylic acids is 2. The van der Waals surface area contributed by atoms with E-state index in [1.807, 2.05) is 0 Å². The molecular formula is C18H23N3O6S. The number of amides is 1. The number of sulfonamides is 1. The van der Waals surface area contributed by atoms with Crippen LogP contribution in [0.5, 0.6) is 0 Å². The lowest BCUT2D eigenvalue weighted by Gasteiger charge is -2.14. The molecule has 9 nitrogen and oxygen atoms in total. The maximum atomic E-state index is 12.4. The Bertz CT molecular complexity index is 993. The minimum atomic E-state index is -3.83. The number of anilines is 1. The molecule has 0 unspecified atom stereocenters. The lowest BCUT2D eigenvalue weighted by molar-refractivity contribution is -0.123. The predicted molar refractivity (Wildman–Crippen MR) is 102 cm³/mol. The van der Waals surface area contributed by atoms with Crippen LogP contribution in [0.3, 0.4) is 0 Å². The fourth-order valence-electron chi connectivity index (χ4n) is 2.84. The Morgan fingerprint density at radius 1 is 1.18 bits per heavy atom. The molecule has 2 atom stereocenters. The number of rotatable bonds is 6. The van der Waals surface area contributed by atoms with Gasteiger partial charge in [0.25, 0.3) is 5.91 Å². The molecule has 0 spiro atoms. The lowest BCUT2D eigenvalue weighted by atomic mass is 10.1. The quantitative estimate of drug-likeness (QED) is 0.531. The molecule has 0 radical (unpaired) electrons. The van der Waals surface area contributed by atoms with E-state index in [2.05, 4.69) is 10.3 Å². The van der Waals surface area contributed by atoms with Crippen LogP contribution in [0.4, 0.5) is 5.69 Å². The first kappa shape index (κ1) is 21.6. The highest BCUT2D eigenvalue weighted by molar-refractivity contribution is 7.89. The number of benzene rings is 1. The summed E-state index contributed by atoms with van der Waals surface area (Å²) in [5.74, 6) is -1.31. The van der Waals surface area contributed by atoms with Gasteiger partial charge in [0, 0.05) is 16.9 Å². The summed E-state index contributed by atoms with van der Waals surface area (Å²) >= 11 is 0. The van der Waals surface area contributed by atoms with Crippen LogP contribution in [0, 0.1) is 13.8 Å². The van der Waals surface area contributed by atoms with Gasteiger partial charge < -0.3 is 20.1 Å². The van der Waals surface area contributed by atoms with Crippen molar-refractivity contribution in [3.8, 4) is 0 Å². The monoisotopic (exact) mass is 409 g/mol. The number of aliphatic hydroxyl groups excluding tert-OH is 1. The Labute approximate surface area is 162 Å². The summed E-state index contributed by atoms with van der Waals surface area (Å²) in [6.45, 7) is 6.41. The molecule has 0 aliphatic rings. The number of aliphatic hydroxyl groups is 1. The number of primary sulfonamides is 1. The van der Waals surface area contributed by atoms with Crippen molar-refractivity contribution in [2.75, 3.05) is 5.32 Å². The lowest BCUT2D eigenvalue weighted by Crippen LogP contribution is -2.30. The number of carbonyl (C=O) groups is 2. The fraction of sp³-hybridized carbons (Fsp3) is 0.333. The molecule has 0 saturated heterocycles. The van der Waals surface area contributed by atoms with E-state index in [4.69, 9.17) is 9.88 Å². The average Bonchev–Trinajstić information content (AvgIpc) is 2.89. The molecule has 2 rings (SSSR count). The van der Waals surface area contributed by atoms with Crippen LogP contribution in [0.1, 0.15) is 47.3 Å². The molecule has 0 saturated carbocycles. The molecule has 152 valence electrons. The zero-order valence-corrected chi connectivity index (χ0v) is 16.8. The largest absolute Gasteiger partial charge is 0.448 e. The number of ether oxygens (including phenoxy) is 1. The fourth-order valence-corrected chi connectivity index (χ4v) is 3.36. The molecule has 0 bridgehead atoms. The summed E-state index contributed by atoms with van der Waals surface area (Å²) in [4.78, 5) is 27.4. The Balaban J connectivity index is 2.06. The summed E-state index contributed by atoms with van der Waals surface area (Å²) in [5.41, 5.74) is 2.31. The Morgan fingerprint density at radius 2 is 1.75 bits per heavy atom. The number of hydrogen-bond donors (Lipinski definition) is 4. The summed E-state index contributed by atoms with van der Waals surface area (Å²) < 4.78 is 27.7. The first-order valence-corrected chi connectivity index (χ1v) is 9.98. The number of nitrogens with one attached hydrogen (secondary N) is 2. The van der Waals surface area contributed by atoms with E-state index in [0.717, 1.165) is 0 Å². The Kier molecular flexibility index (Phi) is 6.27. The van der Waals surface area contributed by atoms with Crippen molar-refractivity contribution in [3.63, 3.8) is 0 Å². The van der Waals surface area contributed by atoms with Crippen LogP contribution in [-0.4, -0.2) is 36.5 Å². The highest BCUT2D eigenvalue weighted by atomic mass is 32.2. The van der Waals surface area contributed by atoms with E-state index in [1.165, 1.54) is 31.2 Å². The summed E-state index contributed by atoms with van der Waals surface area (Å²) in [6.07, 6.45) is -1.86. The highest BCUT2D eigenvalue weighted by Gasteiger charge is 2.24. The first-order chi connectivity index (χ1) is 12.9. The van der Waals surface area contributed by atoms with Gasteiger partial charge in [0.2, 0.25) is 10.0 Å². The zero-order chi connectivity index (χ0) is 21.2. The Hall–Kier alpha value is -2.69. The van der Waals surface area contributed by atoms with E-state index in [0.29, 0.717) is 22.5 Å². The molecule has 1 heterocycles. The zero-order valence-electron chi connectivity index (χ0n) is 15.9. The average molecular weight is 409 g/mol. The smallest absolute Gasteiger partial charge is 0.355 e. The number of nitrogens with two attached hydrogens (primary N) is 1. The summed E-state index contributed by atoms with van der Waals surface area (Å²) in [7, 11) is -3.83. The third-order valence-electron chi connectivity index (χ3n) is 4.22. The number of esters is 1. The van der Waals surface area contributed by atoms with Gasteiger partial charge in [0.15, 0.2) is 6.10 Å². The summed E-state index contributed by atoms with van der Waals surface area (Å²) in [5, 5.41) is 17.3. The van der Waals surface area contributed by atoms with Crippen molar-refractivity contribution in [1.82, 2.24) is 4.98 Å². The van der Waals surface area contributed by atoms with Gasteiger partial charge in [-0.05, 0) is 57.5 Å². The summed E-state index contributed by atoms with van der Waals surface area (Å²) in [6, 6.07) is 5.26. The van der Waals surface area contributed by atoms with Gasteiger partial charge in [-0.2, -0.15) is 0 Å². The van der Waals surface area contributed by atoms with E-state index >= 15 is 0 Å². The maximum absolute atomic E-state index is 12.4. The molecule has 0 aliphatic heterocycles.